The van der Waals surface area contributed by atoms with Crippen LogP contribution in [0.1, 0.15) is 153 Å². The molecule has 3 rings (SSSR count). The van der Waals surface area contributed by atoms with Crippen molar-refractivity contribution in [3.05, 3.63) is 47.5 Å². The smallest absolute Gasteiger partial charge is 0.0467 e. The molecule has 0 aliphatic rings. The molecule has 1 aromatic heterocycles. The van der Waals surface area contributed by atoms with Gasteiger partial charge in [-0.3, -0.25) is 0 Å². The summed E-state index contributed by atoms with van der Waals surface area (Å²) in [6.45, 7) is 4.60. The molecule has 0 atom stereocenters. The highest BCUT2D eigenvalue weighted by atomic mass is 14.7. The highest BCUT2D eigenvalue weighted by molar-refractivity contribution is 6.09. The number of nitrogens with one attached hydrogen (secondary N) is 1. The zero-order valence-electron chi connectivity index (χ0n) is 24.5. The number of rotatable bonds is 22. The first-order chi connectivity index (χ1) is 18.3. The van der Waals surface area contributed by atoms with Crippen LogP contribution in [0.4, 0.5) is 0 Å². The molecule has 0 aliphatic carbocycles. The van der Waals surface area contributed by atoms with Crippen molar-refractivity contribution in [2.75, 3.05) is 0 Å². The highest BCUT2D eigenvalue weighted by Gasteiger charge is 2.09. The van der Waals surface area contributed by atoms with Crippen LogP contribution in [0.2, 0.25) is 0 Å². The van der Waals surface area contributed by atoms with Crippen molar-refractivity contribution in [3.8, 4) is 0 Å². The molecule has 0 spiro atoms. The Morgan fingerprint density at radius 1 is 0.486 bits per heavy atom. The Morgan fingerprint density at radius 3 is 1.57 bits per heavy atom. The number of H-pyrrole nitrogens is 1. The fraction of sp³-hybridized carbons (Fsp3) is 0.667. The van der Waals surface area contributed by atoms with Crippen molar-refractivity contribution >= 4 is 21.8 Å². The monoisotopic (exact) mass is 503 g/mol. The van der Waals surface area contributed by atoms with Gasteiger partial charge in [-0.1, -0.05) is 154 Å². The predicted octanol–water partition coefficient (Wildman–Crippen LogP) is 12.2. The van der Waals surface area contributed by atoms with Gasteiger partial charge in [0.1, 0.15) is 0 Å². The van der Waals surface area contributed by atoms with Crippen LogP contribution >= 0.6 is 0 Å². The SMILES string of the molecule is CCCCCCCCCCCCc1ccc2c(c1)[nH]c1cccc(CCCCCCCCCCCC)c12. The number of aromatic amines is 1. The number of aryl methyl sites for hydroxylation is 2. The summed E-state index contributed by atoms with van der Waals surface area (Å²) in [5, 5.41) is 2.89. The van der Waals surface area contributed by atoms with Gasteiger partial charge < -0.3 is 4.98 Å². The van der Waals surface area contributed by atoms with E-state index < -0.39 is 0 Å². The fourth-order valence-corrected chi connectivity index (χ4v) is 6.06. The van der Waals surface area contributed by atoms with Gasteiger partial charge in [-0.2, -0.15) is 0 Å². The number of unbranched alkanes of at least 4 members (excludes halogenated alkanes) is 18. The summed E-state index contributed by atoms with van der Waals surface area (Å²) in [4.78, 5) is 3.74. The van der Waals surface area contributed by atoms with Crippen LogP contribution in [-0.4, -0.2) is 4.98 Å². The van der Waals surface area contributed by atoms with Gasteiger partial charge in [-0.05, 0) is 48.9 Å². The quantitative estimate of drug-likeness (QED) is 0.131. The lowest BCUT2D eigenvalue weighted by Crippen LogP contribution is -1.88. The predicted molar refractivity (Wildman–Crippen MR) is 167 cm³/mol. The molecule has 37 heavy (non-hydrogen) atoms. The van der Waals surface area contributed by atoms with Gasteiger partial charge in [0.05, 0.1) is 0 Å². The summed E-state index contributed by atoms with van der Waals surface area (Å²) in [5.41, 5.74) is 5.67. The maximum atomic E-state index is 3.74. The second-order valence-electron chi connectivity index (χ2n) is 11.7. The molecule has 0 amide bonds. The molecular weight excluding hydrogens is 446 g/mol. The van der Waals surface area contributed by atoms with E-state index in [0.717, 1.165) is 0 Å². The van der Waals surface area contributed by atoms with Crippen LogP contribution in [0.3, 0.4) is 0 Å². The summed E-state index contributed by atoms with van der Waals surface area (Å²) in [6.07, 6.45) is 30.5. The van der Waals surface area contributed by atoms with Crippen molar-refractivity contribution in [3.63, 3.8) is 0 Å². The average molecular weight is 504 g/mol. The first kappa shape index (κ1) is 29.8. The molecule has 0 bridgehead atoms. The Balaban J connectivity index is 1.38. The lowest BCUT2D eigenvalue weighted by Gasteiger charge is -2.06. The van der Waals surface area contributed by atoms with E-state index >= 15 is 0 Å². The first-order valence-corrected chi connectivity index (χ1v) is 16.4. The van der Waals surface area contributed by atoms with Crippen LogP contribution in [0.25, 0.3) is 21.8 Å². The molecule has 1 heteroatoms. The van der Waals surface area contributed by atoms with E-state index in [0.29, 0.717) is 0 Å². The number of benzene rings is 2. The van der Waals surface area contributed by atoms with Gasteiger partial charge in [-0.15, -0.1) is 0 Å². The minimum atomic E-state index is 1.21. The lowest BCUT2D eigenvalue weighted by molar-refractivity contribution is 0.556. The maximum Gasteiger partial charge on any atom is 0.0467 e. The van der Waals surface area contributed by atoms with Crippen molar-refractivity contribution < 1.29 is 0 Å². The Labute approximate surface area is 229 Å². The third-order valence-electron chi connectivity index (χ3n) is 8.39. The Morgan fingerprint density at radius 2 is 1.00 bits per heavy atom. The van der Waals surface area contributed by atoms with E-state index in [1.54, 1.807) is 0 Å². The molecule has 0 fully saturated rings. The van der Waals surface area contributed by atoms with E-state index in [1.165, 1.54) is 174 Å². The summed E-state index contributed by atoms with van der Waals surface area (Å²) < 4.78 is 0. The van der Waals surface area contributed by atoms with Gasteiger partial charge in [0.25, 0.3) is 0 Å². The Hall–Kier alpha value is -1.76. The molecule has 0 unspecified atom stereocenters. The summed E-state index contributed by atoms with van der Waals surface area (Å²) in [6, 6.07) is 14.1. The zero-order chi connectivity index (χ0) is 26.0. The topological polar surface area (TPSA) is 15.8 Å². The minimum Gasteiger partial charge on any atom is -0.354 e. The van der Waals surface area contributed by atoms with Crippen LogP contribution in [0.5, 0.6) is 0 Å². The summed E-state index contributed by atoms with van der Waals surface area (Å²) >= 11 is 0. The summed E-state index contributed by atoms with van der Waals surface area (Å²) in [5.74, 6) is 0. The van der Waals surface area contributed by atoms with Crippen molar-refractivity contribution in [2.45, 2.75) is 155 Å². The molecule has 0 saturated carbocycles. The molecule has 1 N–H and O–H groups in total. The normalized spacial score (nSPS) is 11.7. The van der Waals surface area contributed by atoms with Gasteiger partial charge >= 0.3 is 0 Å². The van der Waals surface area contributed by atoms with E-state index in [4.69, 9.17) is 0 Å². The Bertz CT molecular complexity index is 981. The second kappa shape index (κ2) is 18.5. The second-order valence-corrected chi connectivity index (χ2v) is 11.7. The Kier molecular flexibility index (Phi) is 14.9. The van der Waals surface area contributed by atoms with Crippen molar-refractivity contribution in [1.29, 1.82) is 0 Å². The average Bonchev–Trinajstić information content (AvgIpc) is 3.29. The number of fused-ring (bicyclic) bond motifs is 3. The van der Waals surface area contributed by atoms with Crippen LogP contribution in [0.15, 0.2) is 36.4 Å². The van der Waals surface area contributed by atoms with Gasteiger partial charge in [-0.25, -0.2) is 0 Å². The van der Waals surface area contributed by atoms with Crippen molar-refractivity contribution in [1.82, 2.24) is 4.98 Å². The first-order valence-electron chi connectivity index (χ1n) is 16.4. The molecule has 0 saturated heterocycles. The zero-order valence-corrected chi connectivity index (χ0v) is 24.5. The number of aromatic nitrogens is 1. The molecule has 1 nitrogen and oxygen atoms in total. The lowest BCUT2D eigenvalue weighted by atomic mass is 9.98. The third-order valence-corrected chi connectivity index (χ3v) is 8.39. The van der Waals surface area contributed by atoms with Crippen molar-refractivity contribution in [2.24, 2.45) is 0 Å². The molecule has 206 valence electrons. The third kappa shape index (κ3) is 10.9. The molecule has 1 heterocycles. The van der Waals surface area contributed by atoms with Gasteiger partial charge in [0, 0.05) is 21.8 Å². The molecular formula is C36H57N. The summed E-state index contributed by atoms with van der Waals surface area (Å²) in [7, 11) is 0. The maximum absolute atomic E-state index is 3.74. The molecule has 2 aromatic carbocycles. The number of hydrogen-bond donors (Lipinski definition) is 1. The van der Waals surface area contributed by atoms with Crippen LogP contribution in [-0.2, 0) is 12.8 Å². The van der Waals surface area contributed by atoms with Crippen LogP contribution < -0.4 is 0 Å². The largest absolute Gasteiger partial charge is 0.354 e. The fourth-order valence-electron chi connectivity index (χ4n) is 6.06. The molecule has 0 aliphatic heterocycles. The standard InChI is InChI=1S/C36H57N/c1-3-5-7-9-11-13-15-17-19-21-24-31-28-29-33-35(30-31)37-34-27-23-26-32(36(33)34)25-22-20-18-16-14-12-10-8-6-4-2/h23,26-30,37H,3-22,24-25H2,1-2H3. The highest BCUT2D eigenvalue weighted by Crippen LogP contribution is 2.30. The molecule has 0 radical (unpaired) electrons. The van der Waals surface area contributed by atoms with Crippen LogP contribution in [0, 0.1) is 0 Å². The molecule has 3 aromatic rings. The van der Waals surface area contributed by atoms with E-state index in [2.05, 4.69) is 55.2 Å². The minimum absolute atomic E-state index is 1.21. The van der Waals surface area contributed by atoms with Gasteiger partial charge in [0.15, 0.2) is 0 Å². The van der Waals surface area contributed by atoms with Gasteiger partial charge in [0.2, 0.25) is 0 Å². The van der Waals surface area contributed by atoms with E-state index in [1.807, 2.05) is 0 Å². The number of hydrogen-bond acceptors (Lipinski definition) is 0. The van der Waals surface area contributed by atoms with E-state index in [9.17, 15) is 0 Å². The van der Waals surface area contributed by atoms with E-state index in [-0.39, 0.29) is 0 Å².